The monoisotopic (exact) mass is 302 g/mol. The molecule has 0 saturated heterocycles. The number of hydrogen-bond acceptors (Lipinski definition) is 0. The second-order valence-corrected chi connectivity index (χ2v) is 7.19. The first kappa shape index (κ1) is 14.2. The number of rotatable bonds is 2. The van der Waals surface area contributed by atoms with Crippen molar-refractivity contribution in [1.29, 1.82) is 0 Å². The van der Waals surface area contributed by atoms with Gasteiger partial charge in [0.25, 0.3) is 0 Å². The van der Waals surface area contributed by atoms with Crippen molar-refractivity contribution in [2.75, 3.05) is 0 Å². The normalized spacial score (nSPS) is 22.7. The minimum atomic E-state index is 0.145. The van der Waals surface area contributed by atoms with Crippen molar-refractivity contribution in [3.8, 4) is 0 Å². The number of benzene rings is 1. The molecule has 1 aliphatic rings. The highest BCUT2D eigenvalue weighted by molar-refractivity contribution is 6.42. The maximum Gasteiger partial charge on any atom is 0.0595 e. The van der Waals surface area contributed by atoms with E-state index in [-0.39, 0.29) is 10.8 Å². The summed E-state index contributed by atoms with van der Waals surface area (Å²) in [6.07, 6.45) is 5.23. The summed E-state index contributed by atoms with van der Waals surface area (Å²) in [6, 6.07) is 5.82. The average Bonchev–Trinajstić information content (AvgIpc) is 2.20. The Labute approximate surface area is 124 Å². The van der Waals surface area contributed by atoms with Crippen LogP contribution in [0.15, 0.2) is 29.8 Å². The first-order valence-electron chi connectivity index (χ1n) is 6.13. The van der Waals surface area contributed by atoms with Crippen LogP contribution in [0, 0.1) is 5.41 Å². The van der Waals surface area contributed by atoms with Crippen LogP contribution in [-0.2, 0) is 6.42 Å². The molecule has 98 valence electrons. The van der Waals surface area contributed by atoms with E-state index in [9.17, 15) is 0 Å². The lowest BCUT2D eigenvalue weighted by Gasteiger charge is -2.32. The van der Waals surface area contributed by atoms with E-state index in [4.69, 9.17) is 34.8 Å². The van der Waals surface area contributed by atoms with E-state index < -0.39 is 0 Å². The van der Waals surface area contributed by atoms with E-state index in [1.807, 2.05) is 18.2 Å². The van der Waals surface area contributed by atoms with Gasteiger partial charge in [-0.15, -0.1) is 11.6 Å². The average molecular weight is 304 g/mol. The molecule has 18 heavy (non-hydrogen) atoms. The van der Waals surface area contributed by atoms with Gasteiger partial charge in [0.05, 0.1) is 15.4 Å². The number of hydrogen-bond donors (Lipinski definition) is 0. The van der Waals surface area contributed by atoms with Gasteiger partial charge in [-0.3, -0.25) is 0 Å². The van der Waals surface area contributed by atoms with Gasteiger partial charge in [0.2, 0.25) is 0 Å². The predicted molar refractivity (Wildman–Crippen MR) is 80.9 cm³/mol. The maximum atomic E-state index is 6.30. The first-order valence-corrected chi connectivity index (χ1v) is 7.32. The summed E-state index contributed by atoms with van der Waals surface area (Å²) >= 11 is 18.3. The summed E-state index contributed by atoms with van der Waals surface area (Å²) in [5.74, 6) is 0. The summed E-state index contributed by atoms with van der Waals surface area (Å²) < 4.78 is 0. The zero-order valence-electron chi connectivity index (χ0n) is 10.6. The SMILES string of the molecule is CC1(C)CC(Cc2ccc(Cl)c(Cl)c2)=CC(Cl)C1. The number of allylic oxidation sites excluding steroid dienone is 2. The van der Waals surface area contributed by atoms with Crippen LogP contribution in [0.3, 0.4) is 0 Å². The van der Waals surface area contributed by atoms with Crippen molar-refractivity contribution in [3.63, 3.8) is 0 Å². The molecule has 0 nitrogen and oxygen atoms in total. The molecule has 1 unspecified atom stereocenters. The third-order valence-electron chi connectivity index (χ3n) is 3.28. The zero-order chi connectivity index (χ0) is 13.3. The largest absolute Gasteiger partial charge is 0.118 e. The molecule has 0 N–H and O–H groups in total. The smallest absolute Gasteiger partial charge is 0.0595 e. The van der Waals surface area contributed by atoms with E-state index in [0.717, 1.165) is 19.3 Å². The van der Waals surface area contributed by atoms with Crippen molar-refractivity contribution in [2.45, 2.75) is 38.5 Å². The molecule has 0 saturated carbocycles. The highest BCUT2D eigenvalue weighted by atomic mass is 35.5. The molecule has 1 aromatic rings. The van der Waals surface area contributed by atoms with E-state index in [1.54, 1.807) is 0 Å². The molecule has 1 aromatic carbocycles. The molecular weight excluding hydrogens is 287 g/mol. The van der Waals surface area contributed by atoms with Gasteiger partial charge >= 0.3 is 0 Å². The van der Waals surface area contributed by atoms with Gasteiger partial charge in [0, 0.05) is 0 Å². The number of alkyl halides is 1. The minimum absolute atomic E-state index is 0.145. The van der Waals surface area contributed by atoms with E-state index >= 15 is 0 Å². The predicted octanol–water partition coefficient (Wildman–Crippen LogP) is 5.89. The molecule has 2 rings (SSSR count). The molecule has 0 fully saturated rings. The Kier molecular flexibility index (Phi) is 4.31. The third-order valence-corrected chi connectivity index (χ3v) is 4.30. The lowest BCUT2D eigenvalue weighted by Crippen LogP contribution is -2.22. The molecule has 0 heterocycles. The quantitative estimate of drug-likeness (QED) is 0.472. The molecule has 0 aromatic heterocycles. The van der Waals surface area contributed by atoms with Crippen molar-refractivity contribution >= 4 is 34.8 Å². The Morgan fingerprint density at radius 1 is 1.22 bits per heavy atom. The summed E-state index contributed by atoms with van der Waals surface area (Å²) in [5, 5.41) is 1.37. The molecule has 0 bridgehead atoms. The van der Waals surface area contributed by atoms with E-state index in [1.165, 1.54) is 11.1 Å². The Hall–Kier alpha value is -0.170. The third kappa shape index (κ3) is 3.66. The fourth-order valence-electron chi connectivity index (χ4n) is 2.62. The number of halogens is 3. The first-order chi connectivity index (χ1) is 8.35. The Bertz CT molecular complexity index is 475. The molecule has 1 atom stereocenters. The highest BCUT2D eigenvalue weighted by Crippen LogP contribution is 2.38. The second kappa shape index (κ2) is 5.45. The molecule has 0 amide bonds. The lowest BCUT2D eigenvalue weighted by molar-refractivity contribution is 0.320. The summed E-state index contributed by atoms with van der Waals surface area (Å²) in [5.41, 5.74) is 2.87. The van der Waals surface area contributed by atoms with Gasteiger partial charge in [0.1, 0.15) is 0 Å². The van der Waals surface area contributed by atoms with Gasteiger partial charge in [-0.1, -0.05) is 54.8 Å². The van der Waals surface area contributed by atoms with Crippen molar-refractivity contribution in [2.24, 2.45) is 5.41 Å². The van der Waals surface area contributed by atoms with Gasteiger partial charge in [-0.25, -0.2) is 0 Å². The van der Waals surface area contributed by atoms with Crippen molar-refractivity contribution in [3.05, 3.63) is 45.5 Å². The van der Waals surface area contributed by atoms with Crippen LogP contribution in [0.5, 0.6) is 0 Å². The van der Waals surface area contributed by atoms with Crippen LogP contribution in [0.4, 0.5) is 0 Å². The fraction of sp³-hybridized carbons (Fsp3) is 0.467. The van der Waals surface area contributed by atoms with Gasteiger partial charge < -0.3 is 0 Å². The maximum absolute atomic E-state index is 6.30. The van der Waals surface area contributed by atoms with Crippen LogP contribution in [-0.4, -0.2) is 5.38 Å². The molecule has 0 spiro atoms. The summed E-state index contributed by atoms with van der Waals surface area (Å²) in [6.45, 7) is 4.54. The van der Waals surface area contributed by atoms with Gasteiger partial charge in [-0.2, -0.15) is 0 Å². The van der Waals surface area contributed by atoms with Crippen molar-refractivity contribution in [1.82, 2.24) is 0 Å². The van der Waals surface area contributed by atoms with Crippen LogP contribution in [0.1, 0.15) is 32.3 Å². The zero-order valence-corrected chi connectivity index (χ0v) is 12.9. The molecular formula is C15H17Cl3. The van der Waals surface area contributed by atoms with Gasteiger partial charge in [0.15, 0.2) is 0 Å². The van der Waals surface area contributed by atoms with Crippen LogP contribution >= 0.6 is 34.8 Å². The van der Waals surface area contributed by atoms with Crippen LogP contribution in [0.25, 0.3) is 0 Å². The van der Waals surface area contributed by atoms with E-state index in [2.05, 4.69) is 19.9 Å². The summed E-state index contributed by atoms with van der Waals surface area (Å²) in [4.78, 5) is 0. The molecule has 1 aliphatic carbocycles. The molecule has 0 radical (unpaired) electrons. The lowest BCUT2D eigenvalue weighted by atomic mass is 9.76. The minimum Gasteiger partial charge on any atom is -0.118 e. The Balaban J connectivity index is 2.16. The molecule has 0 aliphatic heterocycles. The topological polar surface area (TPSA) is 0 Å². The van der Waals surface area contributed by atoms with Crippen LogP contribution < -0.4 is 0 Å². The highest BCUT2D eigenvalue weighted by Gasteiger charge is 2.27. The Morgan fingerprint density at radius 3 is 2.56 bits per heavy atom. The molecule has 3 heteroatoms. The fourth-order valence-corrected chi connectivity index (χ4v) is 3.54. The van der Waals surface area contributed by atoms with E-state index in [0.29, 0.717) is 10.0 Å². The Morgan fingerprint density at radius 2 is 1.94 bits per heavy atom. The standard InChI is InChI=1S/C15H17Cl3/c1-15(2)8-11(6-12(16)9-15)5-10-3-4-13(17)14(18)7-10/h3-4,6-7,12H,5,8-9H2,1-2H3. The van der Waals surface area contributed by atoms with Crippen molar-refractivity contribution < 1.29 is 0 Å². The van der Waals surface area contributed by atoms with Crippen LogP contribution in [0.2, 0.25) is 10.0 Å². The second-order valence-electron chi connectivity index (χ2n) is 5.81. The van der Waals surface area contributed by atoms with Gasteiger partial charge in [-0.05, 0) is 42.4 Å². The summed E-state index contributed by atoms with van der Waals surface area (Å²) in [7, 11) is 0.